The molecule has 0 amide bonds. The van der Waals surface area contributed by atoms with Crippen LogP contribution in [-0.4, -0.2) is 34.9 Å². The van der Waals surface area contributed by atoms with Crippen molar-refractivity contribution in [2.45, 2.75) is 64.8 Å². The molecular weight excluding hydrogens is 304 g/mol. The van der Waals surface area contributed by atoms with Crippen molar-refractivity contribution in [3.8, 4) is 0 Å². The average molecular weight is 341 g/mol. The second-order valence-corrected chi connectivity index (χ2v) is 12.2. The third kappa shape index (κ3) is 4.27. The van der Waals surface area contributed by atoms with Gasteiger partial charge in [0.2, 0.25) is 0 Å². The minimum atomic E-state index is -1.53. The van der Waals surface area contributed by atoms with Crippen LogP contribution in [0, 0.1) is 23.7 Å². The Morgan fingerprint density at radius 2 is 1.78 bits per heavy atom. The van der Waals surface area contributed by atoms with Crippen molar-refractivity contribution in [3.05, 3.63) is 12.2 Å². The Morgan fingerprint density at radius 1 is 1.09 bits per heavy atom. The van der Waals surface area contributed by atoms with Crippen molar-refractivity contribution in [2.24, 2.45) is 23.7 Å². The highest BCUT2D eigenvalue weighted by molar-refractivity contribution is 6.73. The lowest BCUT2D eigenvalue weighted by molar-refractivity contribution is -0.0480. The number of ether oxygens (including phenoxy) is 2. The van der Waals surface area contributed by atoms with Crippen molar-refractivity contribution in [1.82, 2.24) is 0 Å². The van der Waals surface area contributed by atoms with Gasteiger partial charge in [0, 0.05) is 13.0 Å². The van der Waals surface area contributed by atoms with Gasteiger partial charge in [0.05, 0.1) is 12.7 Å². The molecule has 0 aromatic heterocycles. The highest BCUT2D eigenvalue weighted by atomic mass is 28.4. The zero-order chi connectivity index (χ0) is 16.9. The molecule has 1 fully saturated rings. The smallest absolute Gasteiger partial charge is 0.192 e. The van der Waals surface area contributed by atoms with Crippen LogP contribution in [0.5, 0.6) is 0 Å². The third-order valence-electron chi connectivity index (χ3n) is 6.35. The van der Waals surface area contributed by atoms with Crippen LogP contribution in [-0.2, 0) is 13.9 Å². The Bertz CT molecular complexity index is 373. The zero-order valence-electron chi connectivity index (χ0n) is 15.7. The number of methoxy groups -OCH3 is 1. The van der Waals surface area contributed by atoms with Gasteiger partial charge in [0.1, 0.15) is 6.79 Å². The lowest BCUT2D eigenvalue weighted by Crippen LogP contribution is -2.44. The molecule has 23 heavy (non-hydrogen) atoms. The molecule has 5 atom stereocenters. The summed E-state index contributed by atoms with van der Waals surface area (Å²) in [6, 6.07) is 3.74. The SMILES string of the molecule is CC[Si](CC)(CC)O[C@@H]1[C@@H]2CC=C[C@H](COCOC)[C@H]2C[C@@H]1C. The quantitative estimate of drug-likeness (QED) is 0.260. The number of allylic oxidation sites excluding steroid dienone is 1. The second-order valence-electron chi connectivity index (χ2n) is 7.47. The molecule has 0 bridgehead atoms. The molecule has 0 saturated heterocycles. The maximum atomic E-state index is 6.94. The minimum Gasteiger partial charge on any atom is -0.413 e. The Labute approximate surface area is 143 Å². The molecular formula is C19H36O3Si. The summed E-state index contributed by atoms with van der Waals surface area (Å²) in [5.74, 6) is 2.60. The molecule has 0 aromatic carbocycles. The fourth-order valence-electron chi connectivity index (χ4n) is 4.70. The monoisotopic (exact) mass is 340 g/mol. The van der Waals surface area contributed by atoms with E-state index in [1.807, 2.05) is 0 Å². The van der Waals surface area contributed by atoms with Crippen LogP contribution >= 0.6 is 0 Å². The van der Waals surface area contributed by atoms with E-state index in [0.717, 1.165) is 6.61 Å². The zero-order valence-corrected chi connectivity index (χ0v) is 16.7. The molecule has 4 heteroatoms. The fraction of sp³-hybridized carbons (Fsp3) is 0.895. The first kappa shape index (κ1) is 19.2. The molecule has 2 aliphatic carbocycles. The first-order valence-corrected chi connectivity index (χ1v) is 12.0. The standard InChI is InChI=1S/C19H36O3Si/c1-6-23(7-2,8-3)22-19-15(4)12-18-16(13-21-14-20-5)10-9-11-17(18)19/h9-10,15-19H,6-8,11-14H2,1-5H3/t15-,16+,17+,18+,19-/m0/s1. The van der Waals surface area contributed by atoms with Crippen LogP contribution in [0.4, 0.5) is 0 Å². The molecule has 0 unspecified atom stereocenters. The van der Waals surface area contributed by atoms with E-state index in [-0.39, 0.29) is 0 Å². The van der Waals surface area contributed by atoms with Crippen LogP contribution in [0.15, 0.2) is 12.2 Å². The predicted octanol–water partition coefficient (Wildman–Crippen LogP) is 4.85. The van der Waals surface area contributed by atoms with Gasteiger partial charge >= 0.3 is 0 Å². The first-order valence-electron chi connectivity index (χ1n) is 9.51. The Balaban J connectivity index is 2.05. The molecule has 2 aliphatic rings. The maximum absolute atomic E-state index is 6.94. The summed E-state index contributed by atoms with van der Waals surface area (Å²) < 4.78 is 17.6. The molecule has 0 spiro atoms. The summed E-state index contributed by atoms with van der Waals surface area (Å²) in [7, 11) is 0.157. The van der Waals surface area contributed by atoms with Crippen LogP contribution < -0.4 is 0 Å². The minimum absolute atomic E-state index is 0.398. The van der Waals surface area contributed by atoms with Crippen LogP contribution in [0.25, 0.3) is 0 Å². The molecule has 0 aromatic rings. The van der Waals surface area contributed by atoms with E-state index >= 15 is 0 Å². The lowest BCUT2D eigenvalue weighted by Gasteiger charge is -2.38. The van der Waals surface area contributed by atoms with Gasteiger partial charge in [0.15, 0.2) is 8.32 Å². The van der Waals surface area contributed by atoms with E-state index in [1.165, 1.54) is 31.0 Å². The van der Waals surface area contributed by atoms with Gasteiger partial charge < -0.3 is 13.9 Å². The van der Waals surface area contributed by atoms with E-state index in [9.17, 15) is 0 Å². The van der Waals surface area contributed by atoms with Gasteiger partial charge in [-0.3, -0.25) is 0 Å². The van der Waals surface area contributed by atoms with Gasteiger partial charge in [-0.15, -0.1) is 0 Å². The van der Waals surface area contributed by atoms with Crippen molar-refractivity contribution < 1.29 is 13.9 Å². The van der Waals surface area contributed by atoms with E-state index in [1.54, 1.807) is 7.11 Å². The highest BCUT2D eigenvalue weighted by Crippen LogP contribution is 2.48. The van der Waals surface area contributed by atoms with E-state index < -0.39 is 8.32 Å². The van der Waals surface area contributed by atoms with Gasteiger partial charge in [-0.25, -0.2) is 0 Å². The lowest BCUT2D eigenvalue weighted by atomic mass is 9.78. The Hall–Kier alpha value is -0.163. The largest absolute Gasteiger partial charge is 0.413 e. The molecule has 0 aliphatic heterocycles. The predicted molar refractivity (Wildman–Crippen MR) is 97.9 cm³/mol. The van der Waals surface area contributed by atoms with Crippen molar-refractivity contribution in [2.75, 3.05) is 20.5 Å². The topological polar surface area (TPSA) is 27.7 Å². The van der Waals surface area contributed by atoms with E-state index in [4.69, 9.17) is 13.9 Å². The highest BCUT2D eigenvalue weighted by Gasteiger charge is 2.47. The number of fused-ring (bicyclic) bond motifs is 1. The number of hydrogen-bond donors (Lipinski definition) is 0. The Morgan fingerprint density at radius 3 is 2.39 bits per heavy atom. The molecule has 2 rings (SSSR count). The van der Waals surface area contributed by atoms with Gasteiger partial charge in [-0.1, -0.05) is 39.8 Å². The van der Waals surface area contributed by atoms with Gasteiger partial charge in [0.25, 0.3) is 0 Å². The number of rotatable bonds is 9. The second kappa shape index (κ2) is 8.79. The molecule has 0 radical (unpaired) electrons. The maximum Gasteiger partial charge on any atom is 0.192 e. The molecule has 0 heterocycles. The van der Waals surface area contributed by atoms with Crippen molar-refractivity contribution in [1.29, 1.82) is 0 Å². The van der Waals surface area contributed by atoms with Crippen LogP contribution in [0.1, 0.15) is 40.5 Å². The molecule has 134 valence electrons. The summed E-state index contributed by atoms with van der Waals surface area (Å²) in [6.07, 6.45) is 7.66. The Kier molecular flexibility index (Phi) is 7.33. The van der Waals surface area contributed by atoms with Crippen molar-refractivity contribution >= 4 is 8.32 Å². The van der Waals surface area contributed by atoms with Gasteiger partial charge in [-0.05, 0) is 48.7 Å². The molecule has 1 saturated carbocycles. The third-order valence-corrected chi connectivity index (χ3v) is 11.0. The summed E-state index contributed by atoms with van der Waals surface area (Å²) in [4.78, 5) is 0. The van der Waals surface area contributed by atoms with Gasteiger partial charge in [-0.2, -0.15) is 0 Å². The normalized spacial score (nSPS) is 33.9. The van der Waals surface area contributed by atoms with E-state index in [2.05, 4.69) is 39.8 Å². The van der Waals surface area contributed by atoms with Crippen LogP contribution in [0.2, 0.25) is 18.1 Å². The first-order chi connectivity index (χ1) is 11.1. The average Bonchev–Trinajstić information content (AvgIpc) is 2.89. The summed E-state index contributed by atoms with van der Waals surface area (Å²) in [6.45, 7) is 10.6. The van der Waals surface area contributed by atoms with Crippen LogP contribution in [0.3, 0.4) is 0 Å². The molecule has 3 nitrogen and oxygen atoms in total. The number of hydrogen-bond acceptors (Lipinski definition) is 3. The summed E-state index contributed by atoms with van der Waals surface area (Å²) >= 11 is 0. The summed E-state index contributed by atoms with van der Waals surface area (Å²) in [5.41, 5.74) is 0. The van der Waals surface area contributed by atoms with Crippen molar-refractivity contribution in [3.63, 3.8) is 0 Å². The van der Waals surface area contributed by atoms with E-state index in [0.29, 0.717) is 36.6 Å². The molecule has 0 N–H and O–H groups in total. The fourth-order valence-corrected chi connectivity index (χ4v) is 7.68. The summed E-state index contributed by atoms with van der Waals surface area (Å²) in [5, 5.41) is 0.